The van der Waals surface area contributed by atoms with Crippen LogP contribution in [0.25, 0.3) is 0 Å². The summed E-state index contributed by atoms with van der Waals surface area (Å²) in [6, 6.07) is 7.83. The van der Waals surface area contributed by atoms with Crippen molar-refractivity contribution in [3.8, 4) is 5.75 Å². The molecule has 1 rings (SSSR count). The number of ether oxygens (including phenoxy) is 1. The van der Waals surface area contributed by atoms with Crippen LogP contribution in [-0.2, 0) is 0 Å². The van der Waals surface area contributed by atoms with Crippen molar-refractivity contribution < 1.29 is 4.74 Å². The van der Waals surface area contributed by atoms with E-state index < -0.39 is 0 Å². The van der Waals surface area contributed by atoms with Gasteiger partial charge in [0, 0.05) is 6.04 Å². The summed E-state index contributed by atoms with van der Waals surface area (Å²) < 4.78 is 5.07. The Bertz CT molecular complexity index is 292. The summed E-state index contributed by atoms with van der Waals surface area (Å²) in [5.74, 6) is 1.13. The van der Waals surface area contributed by atoms with E-state index in [0.29, 0.717) is 0 Å². The van der Waals surface area contributed by atoms with Crippen molar-refractivity contribution in [3.05, 3.63) is 42.5 Å². The highest BCUT2D eigenvalue weighted by molar-refractivity contribution is 5.29. The van der Waals surface area contributed by atoms with Gasteiger partial charge < -0.3 is 10.5 Å². The number of hydrogen-bond acceptors (Lipinski definition) is 2. The van der Waals surface area contributed by atoms with Gasteiger partial charge >= 0.3 is 0 Å². The van der Waals surface area contributed by atoms with Crippen LogP contribution in [0.1, 0.15) is 18.5 Å². The summed E-state index contributed by atoms with van der Waals surface area (Å²) >= 11 is 0. The Labute approximate surface area is 85.4 Å². The van der Waals surface area contributed by atoms with E-state index in [9.17, 15) is 0 Å². The normalized spacial score (nSPS) is 14.5. The maximum atomic E-state index is 6.03. The quantitative estimate of drug-likeness (QED) is 0.742. The molecule has 0 aliphatic rings. The minimum absolute atomic E-state index is 0.0124. The highest BCUT2D eigenvalue weighted by Gasteiger charge is 2.11. The van der Waals surface area contributed by atoms with Gasteiger partial charge in [-0.3, -0.25) is 0 Å². The van der Waals surface area contributed by atoms with E-state index in [-0.39, 0.29) is 12.0 Å². The fourth-order valence-electron chi connectivity index (χ4n) is 1.28. The molecule has 0 aliphatic heterocycles. The topological polar surface area (TPSA) is 35.2 Å². The molecule has 2 nitrogen and oxygen atoms in total. The van der Waals surface area contributed by atoms with Crippen molar-refractivity contribution in [1.82, 2.24) is 0 Å². The Morgan fingerprint density at radius 2 is 1.93 bits per heavy atom. The maximum absolute atomic E-state index is 6.03. The summed E-state index contributed by atoms with van der Waals surface area (Å²) in [4.78, 5) is 0. The van der Waals surface area contributed by atoms with Gasteiger partial charge in [-0.15, -0.1) is 6.58 Å². The molecule has 0 spiro atoms. The van der Waals surface area contributed by atoms with Gasteiger partial charge in [0.15, 0.2) is 0 Å². The van der Waals surface area contributed by atoms with E-state index in [1.165, 1.54) is 0 Å². The smallest absolute Gasteiger partial charge is 0.118 e. The van der Waals surface area contributed by atoms with Crippen LogP contribution in [0, 0.1) is 5.92 Å². The zero-order chi connectivity index (χ0) is 10.6. The molecule has 0 saturated carbocycles. The van der Waals surface area contributed by atoms with Crippen LogP contribution in [-0.4, -0.2) is 7.11 Å². The predicted molar refractivity (Wildman–Crippen MR) is 59.3 cm³/mol. The molecule has 2 N–H and O–H groups in total. The lowest BCUT2D eigenvalue weighted by Gasteiger charge is -2.16. The van der Waals surface area contributed by atoms with E-state index in [2.05, 4.69) is 13.5 Å². The number of nitrogens with two attached hydrogens (primary N) is 1. The van der Waals surface area contributed by atoms with Gasteiger partial charge in [-0.05, 0) is 23.6 Å². The zero-order valence-corrected chi connectivity index (χ0v) is 8.73. The van der Waals surface area contributed by atoms with Gasteiger partial charge in [-0.1, -0.05) is 25.1 Å². The molecule has 14 heavy (non-hydrogen) atoms. The van der Waals surface area contributed by atoms with Crippen molar-refractivity contribution in [2.45, 2.75) is 13.0 Å². The second-order valence-corrected chi connectivity index (χ2v) is 3.39. The van der Waals surface area contributed by atoms with E-state index in [0.717, 1.165) is 11.3 Å². The molecule has 2 heteroatoms. The van der Waals surface area contributed by atoms with E-state index in [4.69, 9.17) is 10.5 Å². The number of hydrogen-bond donors (Lipinski definition) is 1. The summed E-state index contributed by atoms with van der Waals surface area (Å²) in [7, 11) is 1.65. The van der Waals surface area contributed by atoms with Crippen LogP contribution in [0.3, 0.4) is 0 Å². The maximum Gasteiger partial charge on any atom is 0.118 e. The highest BCUT2D eigenvalue weighted by atomic mass is 16.5. The van der Waals surface area contributed by atoms with E-state index in [1.54, 1.807) is 7.11 Å². The lowest BCUT2D eigenvalue weighted by atomic mass is 9.95. The molecule has 0 amide bonds. The molecule has 0 unspecified atom stereocenters. The van der Waals surface area contributed by atoms with Crippen LogP contribution in [0.5, 0.6) is 5.75 Å². The largest absolute Gasteiger partial charge is 0.497 e. The summed E-state index contributed by atoms with van der Waals surface area (Å²) in [6.07, 6.45) is 1.87. The van der Waals surface area contributed by atoms with Crippen LogP contribution < -0.4 is 10.5 Å². The molecule has 0 fully saturated rings. The Morgan fingerprint density at radius 3 is 2.36 bits per heavy atom. The molecule has 0 aliphatic carbocycles. The van der Waals surface area contributed by atoms with Crippen molar-refractivity contribution >= 4 is 0 Å². The molecule has 0 bridgehead atoms. The molecule has 76 valence electrons. The molecule has 1 aromatic carbocycles. The molecular formula is C12H17NO. The first kappa shape index (κ1) is 10.8. The van der Waals surface area contributed by atoms with Crippen molar-refractivity contribution in [2.24, 2.45) is 11.7 Å². The fraction of sp³-hybridized carbons (Fsp3) is 0.333. The predicted octanol–water partition coefficient (Wildman–Crippen LogP) is 2.52. The summed E-state index contributed by atoms with van der Waals surface area (Å²) in [6.45, 7) is 5.79. The molecule has 0 heterocycles. The van der Waals surface area contributed by atoms with Gasteiger partial charge in [-0.2, -0.15) is 0 Å². The minimum Gasteiger partial charge on any atom is -0.497 e. The van der Waals surface area contributed by atoms with Crippen LogP contribution in [0.4, 0.5) is 0 Å². The Hall–Kier alpha value is -1.28. The SMILES string of the molecule is C=C[C@@H](C)[C@H](N)c1ccc(OC)cc1. The van der Waals surface area contributed by atoms with Gasteiger partial charge in [0.05, 0.1) is 7.11 Å². The fourth-order valence-corrected chi connectivity index (χ4v) is 1.28. The minimum atomic E-state index is 0.0124. The molecule has 2 atom stereocenters. The van der Waals surface area contributed by atoms with Gasteiger partial charge in [0.1, 0.15) is 5.75 Å². The Balaban J connectivity index is 2.80. The molecule has 1 aromatic rings. The van der Waals surface area contributed by atoms with Crippen LogP contribution in [0.15, 0.2) is 36.9 Å². The lowest BCUT2D eigenvalue weighted by molar-refractivity contribution is 0.414. The van der Waals surface area contributed by atoms with Crippen molar-refractivity contribution in [2.75, 3.05) is 7.11 Å². The third kappa shape index (κ3) is 2.36. The Kier molecular flexibility index (Phi) is 3.72. The average Bonchev–Trinajstić information content (AvgIpc) is 2.27. The number of rotatable bonds is 4. The Morgan fingerprint density at radius 1 is 1.36 bits per heavy atom. The first-order chi connectivity index (χ1) is 6.69. The third-order valence-corrected chi connectivity index (χ3v) is 2.44. The van der Waals surface area contributed by atoms with Gasteiger partial charge in [-0.25, -0.2) is 0 Å². The second kappa shape index (κ2) is 4.82. The zero-order valence-electron chi connectivity index (χ0n) is 8.73. The second-order valence-electron chi connectivity index (χ2n) is 3.39. The van der Waals surface area contributed by atoms with Crippen molar-refractivity contribution in [3.63, 3.8) is 0 Å². The highest BCUT2D eigenvalue weighted by Crippen LogP contribution is 2.22. The number of benzene rings is 1. The number of methoxy groups -OCH3 is 1. The van der Waals surface area contributed by atoms with Crippen molar-refractivity contribution in [1.29, 1.82) is 0 Å². The molecule has 0 saturated heterocycles. The molecule has 0 aromatic heterocycles. The summed E-state index contributed by atoms with van der Waals surface area (Å²) in [5, 5.41) is 0. The molecule has 0 radical (unpaired) electrons. The van der Waals surface area contributed by atoms with Crippen LogP contribution >= 0.6 is 0 Å². The molecular weight excluding hydrogens is 174 g/mol. The van der Waals surface area contributed by atoms with Gasteiger partial charge in [0.2, 0.25) is 0 Å². The van der Waals surface area contributed by atoms with Gasteiger partial charge in [0.25, 0.3) is 0 Å². The standard InChI is InChI=1S/C12H17NO/c1-4-9(2)12(13)10-5-7-11(14-3)8-6-10/h4-9,12H,1,13H2,2-3H3/t9-,12+/m1/s1. The summed E-state index contributed by atoms with van der Waals surface area (Å²) in [5.41, 5.74) is 7.14. The first-order valence-corrected chi connectivity index (χ1v) is 4.71. The first-order valence-electron chi connectivity index (χ1n) is 4.71. The average molecular weight is 191 g/mol. The third-order valence-electron chi connectivity index (χ3n) is 2.44. The lowest BCUT2D eigenvalue weighted by Crippen LogP contribution is -2.17. The van der Waals surface area contributed by atoms with E-state index in [1.807, 2.05) is 30.3 Å². The van der Waals surface area contributed by atoms with E-state index >= 15 is 0 Å². The monoisotopic (exact) mass is 191 g/mol. The van der Waals surface area contributed by atoms with Crippen LogP contribution in [0.2, 0.25) is 0 Å².